The first-order chi connectivity index (χ1) is 24.7. The van der Waals surface area contributed by atoms with Gasteiger partial charge in [-0.3, -0.25) is 0 Å². The van der Waals surface area contributed by atoms with Gasteiger partial charge in [0.05, 0.1) is 0 Å². The lowest BCUT2D eigenvalue weighted by Gasteiger charge is -2.43. The molecule has 0 spiro atoms. The number of hydrogen-bond acceptors (Lipinski definition) is 0. The Kier molecular flexibility index (Phi) is 45.2. The largest absolute Gasteiger partial charge is 0.0683 e. The molecule has 0 amide bonds. The molecule has 0 radical (unpaired) electrons. The summed E-state index contributed by atoms with van der Waals surface area (Å²) in [6, 6.07) is 0. The molecule has 0 aliphatic heterocycles. The average molecular weight is 705 g/mol. The van der Waals surface area contributed by atoms with Crippen molar-refractivity contribution in [3.63, 3.8) is 0 Å². The lowest BCUT2D eigenvalue weighted by Crippen LogP contribution is -2.30. The quantitative estimate of drug-likeness (QED) is 0.0570. The first kappa shape index (κ1) is 52.1. The molecule has 1 aliphatic carbocycles. The van der Waals surface area contributed by atoms with E-state index in [9.17, 15) is 0 Å². The third kappa shape index (κ3) is 33.8. The van der Waals surface area contributed by atoms with Crippen LogP contribution in [-0.2, 0) is 0 Å². The van der Waals surface area contributed by atoms with E-state index in [-0.39, 0.29) is 0 Å². The topological polar surface area (TPSA) is 0 Å². The van der Waals surface area contributed by atoms with Crippen LogP contribution >= 0.6 is 0 Å². The van der Waals surface area contributed by atoms with Crippen molar-refractivity contribution >= 4 is 0 Å². The van der Waals surface area contributed by atoms with E-state index in [4.69, 9.17) is 0 Å². The molecule has 1 aliphatic rings. The van der Waals surface area contributed by atoms with Gasteiger partial charge in [-0.25, -0.2) is 0 Å². The molecule has 0 heteroatoms. The lowest BCUT2D eigenvalue weighted by molar-refractivity contribution is 0.0900. The van der Waals surface area contributed by atoms with Crippen LogP contribution in [0.3, 0.4) is 0 Å². The number of rotatable bonds is 36. The monoisotopic (exact) mass is 705 g/mol. The van der Waals surface area contributed by atoms with E-state index >= 15 is 0 Å². The van der Waals surface area contributed by atoms with Crippen molar-refractivity contribution in [2.45, 2.75) is 306 Å². The first-order valence-electron chi connectivity index (χ1n) is 24.7. The summed E-state index contributed by atoms with van der Waals surface area (Å²) in [7, 11) is 0. The average Bonchev–Trinajstić information content (AvgIpc) is 3.15. The summed E-state index contributed by atoms with van der Waals surface area (Å²) in [5.41, 5.74) is 0.693. The Morgan fingerprint density at radius 2 is 0.520 bits per heavy atom. The fourth-order valence-corrected chi connectivity index (χ4v) is 9.28. The zero-order valence-electron chi connectivity index (χ0n) is 37.2. The molecule has 1 fully saturated rings. The van der Waals surface area contributed by atoms with Gasteiger partial charge in [0, 0.05) is 0 Å². The summed E-state index contributed by atoms with van der Waals surface area (Å²) in [6.45, 7) is 17.4. The number of hydrogen-bond donors (Lipinski definition) is 0. The van der Waals surface area contributed by atoms with Gasteiger partial charge in [0.2, 0.25) is 0 Å². The molecule has 0 aromatic heterocycles. The molecule has 1 rings (SSSR count). The Morgan fingerprint density at radius 1 is 0.300 bits per heavy atom. The summed E-state index contributed by atoms with van der Waals surface area (Å²) >= 11 is 0. The van der Waals surface area contributed by atoms with Gasteiger partial charge in [-0.05, 0) is 42.9 Å². The van der Waals surface area contributed by atoms with Crippen molar-refractivity contribution in [3.8, 4) is 0 Å². The minimum absolute atomic E-state index is 0.693. The maximum Gasteiger partial charge on any atom is -0.0292 e. The van der Waals surface area contributed by atoms with Crippen LogP contribution in [0.25, 0.3) is 0 Å². The molecule has 0 nitrogen and oxygen atoms in total. The third-order valence-corrected chi connectivity index (χ3v) is 12.2. The highest BCUT2D eigenvalue weighted by Gasteiger charge is 2.36. The fraction of sp³-hybridized carbons (Fsp3) is 1.00. The smallest absolute Gasteiger partial charge is 0.0292 e. The van der Waals surface area contributed by atoms with Gasteiger partial charge >= 0.3 is 0 Å². The van der Waals surface area contributed by atoms with Gasteiger partial charge in [0.25, 0.3) is 0 Å². The first-order valence-corrected chi connectivity index (χ1v) is 24.7. The molecule has 304 valence electrons. The zero-order valence-corrected chi connectivity index (χ0v) is 37.2. The Balaban J connectivity index is 0. The Hall–Kier alpha value is 0. The summed E-state index contributed by atoms with van der Waals surface area (Å²) in [6.07, 6.45) is 58.3. The molecule has 50 heavy (non-hydrogen) atoms. The molecule has 1 saturated carbocycles. The maximum absolute atomic E-state index is 2.36. The molecular formula is C50H104. The van der Waals surface area contributed by atoms with Crippen LogP contribution in [0.5, 0.6) is 0 Å². The Bertz CT molecular complexity index is 527. The summed E-state index contributed by atoms with van der Waals surface area (Å²) in [5, 5.41) is 0. The second-order valence-electron chi connectivity index (χ2n) is 16.8. The molecule has 0 aromatic carbocycles. The fourth-order valence-electron chi connectivity index (χ4n) is 9.28. The van der Waals surface area contributed by atoms with E-state index in [0.717, 1.165) is 11.8 Å². The molecule has 0 heterocycles. The second kappa shape index (κ2) is 43.4. The predicted octanol–water partition coefficient (Wildman–Crippen LogP) is 19.6. The normalized spacial score (nSPS) is 15.1. The minimum Gasteiger partial charge on any atom is -0.0683 e. The van der Waals surface area contributed by atoms with Crippen molar-refractivity contribution in [1.29, 1.82) is 0 Å². The van der Waals surface area contributed by atoms with Crippen LogP contribution in [0.2, 0.25) is 0 Å². The number of unbranched alkanes of at least 4 members (excludes halogenated alkanes) is 24. The van der Waals surface area contributed by atoms with Crippen LogP contribution in [0, 0.1) is 17.3 Å². The van der Waals surface area contributed by atoms with Gasteiger partial charge < -0.3 is 0 Å². The van der Waals surface area contributed by atoms with Crippen molar-refractivity contribution in [3.05, 3.63) is 0 Å². The van der Waals surface area contributed by atoms with E-state index in [1.165, 1.54) is 199 Å². The molecule has 0 aromatic rings. The van der Waals surface area contributed by atoms with Crippen molar-refractivity contribution in [2.24, 2.45) is 17.3 Å². The van der Waals surface area contributed by atoms with E-state index in [2.05, 4.69) is 27.7 Å². The molecular weight excluding hydrogens is 601 g/mol. The molecule has 2 unspecified atom stereocenters. The van der Waals surface area contributed by atoms with Crippen molar-refractivity contribution in [2.75, 3.05) is 0 Å². The van der Waals surface area contributed by atoms with Crippen molar-refractivity contribution in [1.82, 2.24) is 0 Å². The van der Waals surface area contributed by atoms with Crippen molar-refractivity contribution < 1.29 is 0 Å². The summed E-state index contributed by atoms with van der Waals surface area (Å²) in [4.78, 5) is 0. The highest BCUT2D eigenvalue weighted by molar-refractivity contribution is 4.88. The molecule has 0 saturated heterocycles. The third-order valence-electron chi connectivity index (χ3n) is 12.2. The predicted molar refractivity (Wildman–Crippen MR) is 235 cm³/mol. The lowest BCUT2D eigenvalue weighted by atomic mass is 9.63. The van der Waals surface area contributed by atoms with Gasteiger partial charge in [-0.2, -0.15) is 0 Å². The highest BCUT2D eigenvalue weighted by Crippen LogP contribution is 2.49. The van der Waals surface area contributed by atoms with Gasteiger partial charge in [0.1, 0.15) is 0 Å². The minimum atomic E-state index is 0.693. The Morgan fingerprint density at radius 3 is 0.760 bits per heavy atom. The summed E-state index contributed by atoms with van der Waals surface area (Å²) < 4.78 is 0. The van der Waals surface area contributed by atoms with Crippen LogP contribution in [0.4, 0.5) is 0 Å². The van der Waals surface area contributed by atoms with Gasteiger partial charge in [-0.15, -0.1) is 0 Å². The highest BCUT2D eigenvalue weighted by atomic mass is 14.4. The van der Waals surface area contributed by atoms with Crippen LogP contribution in [-0.4, -0.2) is 0 Å². The molecule has 0 bridgehead atoms. The van der Waals surface area contributed by atoms with Crippen LogP contribution in [0.15, 0.2) is 0 Å². The maximum atomic E-state index is 2.36. The van der Waals surface area contributed by atoms with Crippen LogP contribution < -0.4 is 0 Å². The van der Waals surface area contributed by atoms with E-state index in [0.29, 0.717) is 5.41 Å². The van der Waals surface area contributed by atoms with E-state index in [1.54, 1.807) is 51.4 Å². The van der Waals surface area contributed by atoms with E-state index in [1.807, 2.05) is 27.7 Å². The molecule has 0 N–H and O–H groups in total. The van der Waals surface area contributed by atoms with Gasteiger partial charge in [-0.1, -0.05) is 280 Å². The molecule has 2 atom stereocenters. The van der Waals surface area contributed by atoms with Crippen LogP contribution in [0.1, 0.15) is 306 Å². The van der Waals surface area contributed by atoms with E-state index < -0.39 is 0 Å². The SMILES string of the molecule is CC.CC.CCCCCCCCCCC(CCCCCCCC)CC1(CC(CCCCCCCC)CCCCCCCCCC)CCCCC1. The zero-order chi connectivity index (χ0) is 37.2. The van der Waals surface area contributed by atoms with Gasteiger partial charge in [0.15, 0.2) is 0 Å². The Labute approximate surface area is 322 Å². The summed E-state index contributed by atoms with van der Waals surface area (Å²) in [5.74, 6) is 2.03. The standard InChI is InChI=1S/C46H92.2C2H6/c1-5-9-13-17-21-23-27-32-38-44(36-30-25-19-15-11-7-3)42-46(40-34-29-35-41-46)43-45(37-31-26-20-16-12-8-4)39-33-28-24-22-18-14-10-6-2;2*1-2/h44-45H,5-43H2,1-4H3;2*1-2H3. The second-order valence-corrected chi connectivity index (χ2v) is 16.8.